The number of urea groups is 1. The topological polar surface area (TPSA) is 290 Å². The number of anilines is 3. The molecule has 19 nitrogen and oxygen atoms in total. The van der Waals surface area contributed by atoms with Crippen molar-refractivity contribution in [2.45, 2.75) is 19.3 Å². The molecule has 19 heteroatoms. The van der Waals surface area contributed by atoms with E-state index in [1.807, 2.05) is 7.05 Å². The van der Waals surface area contributed by atoms with Crippen LogP contribution in [0, 0.1) is 0 Å². The molecule has 0 aliphatic rings. The number of guanidine groups is 1. The number of aromatic amines is 1. The number of amides is 2. The largest absolute Gasteiger partial charge is 0.368 e. The number of nitrogens with one attached hydrogen (secondary N) is 7. The van der Waals surface area contributed by atoms with Crippen molar-refractivity contribution >= 4 is 41.7 Å². The monoisotopic (exact) mass is 452 g/mol. The Morgan fingerprint density at radius 2 is 1.97 bits per heavy atom. The predicted octanol–water partition coefficient (Wildman–Crippen LogP) is -3.41. The molecular weight excluding hydrogens is 424 g/mol. The fourth-order valence-electron chi connectivity index (χ4n) is 2.17. The zero-order chi connectivity index (χ0) is 23.3. The minimum Gasteiger partial charge on any atom is -0.368 e. The maximum atomic E-state index is 11.7. The van der Waals surface area contributed by atoms with Crippen LogP contribution in [0.15, 0.2) is 10.1 Å². The quantitative estimate of drug-likeness (QED) is 0.0521. The van der Waals surface area contributed by atoms with Crippen LogP contribution >= 0.6 is 0 Å². The van der Waals surface area contributed by atoms with Crippen LogP contribution in [0.1, 0.15) is 19.3 Å². The highest BCUT2D eigenvalue weighted by Gasteiger charge is 2.09. The van der Waals surface area contributed by atoms with Gasteiger partial charge in [0, 0.05) is 6.54 Å². The summed E-state index contributed by atoms with van der Waals surface area (Å²) in [5, 5.41) is 19.7. The van der Waals surface area contributed by atoms with Crippen molar-refractivity contribution in [3.8, 4) is 0 Å². The number of H-pyrrole nitrogens is 1. The van der Waals surface area contributed by atoms with Gasteiger partial charge < -0.3 is 27.8 Å². The SMILES string of the molecule is CNCCCCCNC(=O)NNc1nc(/N=C(\N)N/N=C(\N)n2nc(NN)nc2N)n[nH]1. The number of hydrazine groups is 2. The molecule has 0 saturated heterocycles. The molecule has 0 aliphatic heterocycles. The molecule has 0 fully saturated rings. The van der Waals surface area contributed by atoms with Gasteiger partial charge in [-0.25, -0.2) is 26.6 Å². The molecule has 0 bridgehead atoms. The minimum atomic E-state index is -0.411. The Bertz CT molecular complexity index is 914. The van der Waals surface area contributed by atoms with Crippen LogP contribution < -0.4 is 55.4 Å². The van der Waals surface area contributed by atoms with Crippen molar-refractivity contribution in [1.82, 2.24) is 51.4 Å². The fraction of sp³-hybridized carbons (Fsp3) is 0.462. The van der Waals surface area contributed by atoms with Crippen LogP contribution in [0.4, 0.5) is 28.6 Å². The van der Waals surface area contributed by atoms with Crippen molar-refractivity contribution in [2.75, 3.05) is 36.7 Å². The van der Waals surface area contributed by atoms with E-state index in [9.17, 15) is 4.79 Å². The summed E-state index contributed by atoms with van der Waals surface area (Å²) in [7, 11) is 1.90. The van der Waals surface area contributed by atoms with Gasteiger partial charge in [0.15, 0.2) is 0 Å². The molecule has 2 aromatic rings. The average molecular weight is 452 g/mol. The second kappa shape index (κ2) is 12.3. The van der Waals surface area contributed by atoms with Gasteiger partial charge in [0.2, 0.25) is 23.8 Å². The zero-order valence-corrected chi connectivity index (χ0v) is 17.4. The number of hydrazone groups is 1. The standard InChI is InChI=1S/C13H28N18O/c1-18-5-3-2-4-6-19-13(32)29-28-12-22-10(26-27-12)20-7(14)24-25-9(16)31-8(15)21-11(23-17)30-31/h18H,2-6,17H2,1H3,(H2,16,25)(H2,19,29,32)(H3,15,21,23,30)(H5,14,20,22,24,26,27,28). The molecule has 0 radical (unpaired) electrons. The molecule has 0 spiro atoms. The Morgan fingerprint density at radius 1 is 1.19 bits per heavy atom. The van der Waals surface area contributed by atoms with Crippen LogP contribution in [-0.2, 0) is 0 Å². The summed E-state index contributed by atoms with van der Waals surface area (Å²) < 4.78 is 1.02. The van der Waals surface area contributed by atoms with E-state index in [2.05, 4.69) is 67.7 Å². The highest BCUT2D eigenvalue weighted by Crippen LogP contribution is 2.05. The third-order valence-corrected chi connectivity index (χ3v) is 3.64. The number of hydrogen-bond donors (Lipinski definition) is 11. The maximum Gasteiger partial charge on any atom is 0.333 e. The molecule has 0 atom stereocenters. The molecule has 2 heterocycles. The van der Waals surface area contributed by atoms with E-state index in [4.69, 9.17) is 23.0 Å². The normalized spacial score (nSPS) is 11.8. The third kappa shape index (κ3) is 7.79. The van der Waals surface area contributed by atoms with Gasteiger partial charge in [-0.1, -0.05) is 6.42 Å². The van der Waals surface area contributed by atoms with Crippen LogP contribution in [0.5, 0.6) is 0 Å². The molecule has 176 valence electrons. The van der Waals surface area contributed by atoms with Crippen LogP contribution in [0.2, 0.25) is 0 Å². The molecular formula is C13H28N18O. The maximum absolute atomic E-state index is 11.7. The van der Waals surface area contributed by atoms with Crippen LogP contribution in [0.25, 0.3) is 0 Å². The first kappa shape index (κ1) is 23.9. The van der Waals surface area contributed by atoms with E-state index in [-0.39, 0.29) is 35.7 Å². The molecule has 32 heavy (non-hydrogen) atoms. The van der Waals surface area contributed by atoms with E-state index >= 15 is 0 Å². The van der Waals surface area contributed by atoms with Gasteiger partial charge in [0.25, 0.3) is 11.9 Å². The molecule has 0 unspecified atom stereocenters. The summed E-state index contributed by atoms with van der Waals surface area (Å²) in [5.41, 5.74) is 26.6. The van der Waals surface area contributed by atoms with Gasteiger partial charge in [-0.15, -0.1) is 15.3 Å². The Kier molecular flexibility index (Phi) is 9.21. The summed E-state index contributed by atoms with van der Waals surface area (Å²) in [6.07, 6.45) is 2.95. The Labute approximate surface area is 182 Å². The van der Waals surface area contributed by atoms with Crippen molar-refractivity contribution in [2.24, 2.45) is 27.4 Å². The number of unbranched alkanes of at least 4 members (excludes halogenated alkanes) is 2. The number of nitrogens with two attached hydrogens (primary N) is 4. The van der Waals surface area contributed by atoms with Crippen molar-refractivity contribution in [1.29, 1.82) is 0 Å². The van der Waals surface area contributed by atoms with E-state index in [1.165, 1.54) is 0 Å². The molecule has 15 N–H and O–H groups in total. The molecule has 0 aromatic carbocycles. The van der Waals surface area contributed by atoms with Crippen molar-refractivity contribution in [3.05, 3.63) is 0 Å². The number of nitrogens with zero attached hydrogens (tertiary/aromatic N) is 7. The number of aliphatic imine (C=N–C) groups is 1. The molecule has 0 saturated carbocycles. The first-order valence-corrected chi connectivity index (χ1v) is 9.42. The predicted molar refractivity (Wildman–Crippen MR) is 118 cm³/mol. The highest BCUT2D eigenvalue weighted by molar-refractivity contribution is 5.85. The molecule has 2 rings (SSSR count). The number of hydrogen-bond acceptors (Lipinski definition) is 12. The molecule has 0 aliphatic carbocycles. The van der Waals surface area contributed by atoms with E-state index in [0.717, 1.165) is 30.5 Å². The summed E-state index contributed by atoms with van der Waals surface area (Å²) in [4.78, 5) is 23.4. The second-order valence-corrected chi connectivity index (χ2v) is 6.08. The average Bonchev–Trinajstić information content (AvgIpc) is 3.38. The zero-order valence-electron chi connectivity index (χ0n) is 17.4. The van der Waals surface area contributed by atoms with Crippen LogP contribution in [0.3, 0.4) is 0 Å². The van der Waals surface area contributed by atoms with E-state index in [1.54, 1.807) is 0 Å². The van der Waals surface area contributed by atoms with E-state index in [0.29, 0.717) is 6.54 Å². The van der Waals surface area contributed by atoms with Gasteiger partial charge >= 0.3 is 6.03 Å². The van der Waals surface area contributed by atoms with Gasteiger partial charge in [-0.3, -0.25) is 10.9 Å². The first-order chi connectivity index (χ1) is 15.4. The summed E-state index contributed by atoms with van der Waals surface area (Å²) in [6, 6.07) is -0.411. The Balaban J connectivity index is 1.77. The van der Waals surface area contributed by atoms with Gasteiger partial charge in [0.1, 0.15) is 0 Å². The number of carbonyl (C=O) groups excluding carboxylic acids is 1. The summed E-state index contributed by atoms with van der Waals surface area (Å²) in [5.74, 6) is 4.94. The molecule has 2 aromatic heterocycles. The Morgan fingerprint density at radius 3 is 2.69 bits per heavy atom. The number of rotatable bonds is 11. The smallest absolute Gasteiger partial charge is 0.333 e. The number of aromatic nitrogens is 6. The van der Waals surface area contributed by atoms with Crippen LogP contribution in [-0.4, -0.2) is 68.0 Å². The van der Waals surface area contributed by atoms with Gasteiger partial charge in [0.05, 0.1) is 0 Å². The number of carbonyl (C=O) groups is 1. The van der Waals surface area contributed by atoms with Crippen molar-refractivity contribution in [3.63, 3.8) is 0 Å². The summed E-state index contributed by atoms with van der Waals surface area (Å²) >= 11 is 0. The lowest BCUT2D eigenvalue weighted by molar-refractivity contribution is 0.242. The summed E-state index contributed by atoms with van der Waals surface area (Å²) in [6.45, 7) is 1.51. The van der Waals surface area contributed by atoms with Crippen molar-refractivity contribution < 1.29 is 4.79 Å². The Hall–Kier alpha value is -4.39. The number of nitrogen functional groups attached to an aromatic ring is 2. The fourth-order valence-corrected chi connectivity index (χ4v) is 2.17. The lowest BCUT2D eigenvalue weighted by atomic mass is 10.2. The second-order valence-electron chi connectivity index (χ2n) is 6.08. The van der Waals surface area contributed by atoms with E-state index < -0.39 is 6.03 Å². The lowest BCUT2D eigenvalue weighted by Crippen LogP contribution is -2.39. The molecule has 2 amide bonds. The lowest BCUT2D eigenvalue weighted by Gasteiger charge is -2.07. The van der Waals surface area contributed by atoms with Gasteiger partial charge in [-0.05, 0) is 26.4 Å². The third-order valence-electron chi connectivity index (χ3n) is 3.64. The van der Waals surface area contributed by atoms with Gasteiger partial charge in [-0.2, -0.15) is 19.6 Å². The first-order valence-electron chi connectivity index (χ1n) is 9.42. The highest BCUT2D eigenvalue weighted by atomic mass is 16.2. The minimum absolute atomic E-state index is 0.0344.